The lowest BCUT2D eigenvalue weighted by Gasteiger charge is -2.31. The largest absolute Gasteiger partial charge is 0.468 e. The second-order valence-electron chi connectivity index (χ2n) is 10.7. The van der Waals surface area contributed by atoms with Crippen LogP contribution in [0.2, 0.25) is 0 Å². The Bertz CT molecular complexity index is 1520. The van der Waals surface area contributed by atoms with Gasteiger partial charge in [-0.15, -0.1) is 0 Å². The summed E-state index contributed by atoms with van der Waals surface area (Å²) in [6, 6.07) is 2.67. The molecular weight excluding hydrogens is 641 g/mol. The number of nitrogen functional groups attached to an aromatic ring is 1. The molecule has 0 spiro atoms. The molecule has 0 bridgehead atoms. The molecule has 2 aromatic rings. The van der Waals surface area contributed by atoms with Crippen molar-refractivity contribution in [3.05, 3.63) is 24.2 Å². The van der Waals surface area contributed by atoms with Crippen molar-refractivity contribution >= 4 is 42.9 Å². The third kappa shape index (κ3) is 8.62. The van der Waals surface area contributed by atoms with Gasteiger partial charge >= 0.3 is 31.5 Å². The normalized spacial score (nSPS) is 22.2. The van der Waals surface area contributed by atoms with Crippen molar-refractivity contribution in [2.45, 2.75) is 89.4 Å². The molecule has 3 rings (SSSR count). The quantitative estimate of drug-likeness (QED) is 0.129. The molecule has 0 unspecified atom stereocenters. The zero-order valence-corrected chi connectivity index (χ0v) is 27.9. The summed E-state index contributed by atoms with van der Waals surface area (Å²) in [6.45, 7) is 5.28. The standard InChI is InChI=1S/C28H40N7O11P/c1-7-9-20(36)44-23-22(18-11-12-19-25(30)31-15-32-35(18)19)46-28(13-29,24(23)45-21(37)10-8-2)14-43-47(40,33-16(3)26(38)41-5)34-17(4)27(39)42-6/h11-12,15-17,22-24H,7-10,14H2,1-6H3,(H2,30,31,32)(H2,33,34,40)/t16-,17-,22-,23-,24-,28+/m0/s1. The Hall–Kier alpha value is -4.14. The first-order chi connectivity index (χ1) is 22.3. The lowest BCUT2D eigenvalue weighted by molar-refractivity contribution is -0.169. The highest BCUT2D eigenvalue weighted by atomic mass is 31.2. The minimum absolute atomic E-state index is 0.00119. The van der Waals surface area contributed by atoms with Gasteiger partial charge in [-0.2, -0.15) is 10.4 Å². The first kappa shape index (κ1) is 37.3. The van der Waals surface area contributed by atoms with Gasteiger partial charge in [-0.1, -0.05) is 13.8 Å². The lowest BCUT2D eigenvalue weighted by Crippen LogP contribution is -2.50. The van der Waals surface area contributed by atoms with E-state index in [1.165, 1.54) is 24.7 Å². The van der Waals surface area contributed by atoms with E-state index in [2.05, 4.69) is 20.3 Å². The van der Waals surface area contributed by atoms with Crippen LogP contribution in [0.25, 0.3) is 5.52 Å². The maximum absolute atomic E-state index is 14.1. The number of nitriles is 1. The highest BCUT2D eigenvalue weighted by Gasteiger charge is 2.62. The van der Waals surface area contributed by atoms with Gasteiger partial charge in [0.1, 0.15) is 42.7 Å². The fourth-order valence-electron chi connectivity index (χ4n) is 4.81. The van der Waals surface area contributed by atoms with Gasteiger partial charge in [0.2, 0.25) is 5.60 Å². The Morgan fingerprint density at radius 3 is 2.17 bits per heavy atom. The fourth-order valence-corrected chi connectivity index (χ4v) is 6.64. The molecule has 6 atom stereocenters. The Balaban J connectivity index is 2.13. The molecule has 0 aromatic carbocycles. The molecule has 0 aliphatic carbocycles. The fraction of sp³-hybridized carbons (Fsp3) is 0.607. The number of nitrogens with zero attached hydrogens (tertiary/aromatic N) is 4. The summed E-state index contributed by atoms with van der Waals surface area (Å²) in [6.07, 6.45) is -2.37. The first-order valence-corrected chi connectivity index (χ1v) is 16.4. The van der Waals surface area contributed by atoms with E-state index < -0.39 is 74.2 Å². The van der Waals surface area contributed by atoms with Gasteiger partial charge in [-0.05, 0) is 38.8 Å². The summed E-state index contributed by atoms with van der Waals surface area (Å²) in [7, 11) is -2.22. The summed E-state index contributed by atoms with van der Waals surface area (Å²) < 4.78 is 48.5. The minimum atomic E-state index is -4.45. The van der Waals surface area contributed by atoms with E-state index in [-0.39, 0.29) is 24.4 Å². The molecule has 47 heavy (non-hydrogen) atoms. The van der Waals surface area contributed by atoms with Crippen LogP contribution in [0.15, 0.2) is 18.5 Å². The third-order valence-corrected chi connectivity index (χ3v) is 9.06. The molecule has 19 heteroatoms. The molecule has 258 valence electrons. The minimum Gasteiger partial charge on any atom is -0.468 e. The van der Waals surface area contributed by atoms with Gasteiger partial charge in [0, 0.05) is 12.8 Å². The second kappa shape index (κ2) is 16.1. The maximum Gasteiger partial charge on any atom is 0.342 e. The number of aromatic nitrogens is 3. The number of methoxy groups -OCH3 is 2. The molecule has 1 aliphatic rings. The van der Waals surface area contributed by atoms with Gasteiger partial charge in [0.25, 0.3) is 0 Å². The molecule has 18 nitrogen and oxygen atoms in total. The van der Waals surface area contributed by atoms with Gasteiger partial charge < -0.3 is 33.9 Å². The molecular formula is C28H40N7O11P. The van der Waals surface area contributed by atoms with E-state index in [1.54, 1.807) is 26.0 Å². The Morgan fingerprint density at radius 2 is 1.64 bits per heavy atom. The summed E-state index contributed by atoms with van der Waals surface area (Å²) in [5, 5.41) is 19.8. The van der Waals surface area contributed by atoms with E-state index in [0.717, 1.165) is 14.2 Å². The van der Waals surface area contributed by atoms with Crippen molar-refractivity contribution in [1.82, 2.24) is 24.8 Å². The number of hydrogen-bond acceptors (Lipinski definition) is 15. The molecule has 1 saturated heterocycles. The molecule has 1 fully saturated rings. The highest BCUT2D eigenvalue weighted by molar-refractivity contribution is 7.54. The van der Waals surface area contributed by atoms with E-state index >= 15 is 0 Å². The van der Waals surface area contributed by atoms with Crippen LogP contribution in [-0.4, -0.2) is 89.2 Å². The van der Waals surface area contributed by atoms with Crippen LogP contribution in [0.5, 0.6) is 0 Å². The zero-order chi connectivity index (χ0) is 34.9. The lowest BCUT2D eigenvalue weighted by atomic mass is 9.95. The van der Waals surface area contributed by atoms with Crippen LogP contribution in [0.4, 0.5) is 5.82 Å². The molecule has 0 amide bonds. The topological polar surface area (TPSA) is 245 Å². The molecule has 2 aromatic heterocycles. The number of fused-ring (bicyclic) bond motifs is 1. The van der Waals surface area contributed by atoms with Crippen LogP contribution in [-0.2, 0) is 52.0 Å². The number of esters is 4. The van der Waals surface area contributed by atoms with Crippen LogP contribution in [0, 0.1) is 11.3 Å². The zero-order valence-electron chi connectivity index (χ0n) is 27.0. The predicted molar refractivity (Wildman–Crippen MR) is 162 cm³/mol. The van der Waals surface area contributed by atoms with E-state index in [4.69, 9.17) is 33.9 Å². The van der Waals surface area contributed by atoms with Crippen LogP contribution >= 0.6 is 7.67 Å². The van der Waals surface area contributed by atoms with Crippen molar-refractivity contribution in [3.8, 4) is 6.07 Å². The number of anilines is 1. The number of hydrogen-bond donors (Lipinski definition) is 3. The highest BCUT2D eigenvalue weighted by Crippen LogP contribution is 2.48. The van der Waals surface area contributed by atoms with E-state index in [9.17, 15) is 29.0 Å². The van der Waals surface area contributed by atoms with Crippen LogP contribution in [0.1, 0.15) is 65.2 Å². The van der Waals surface area contributed by atoms with E-state index in [0.29, 0.717) is 18.4 Å². The second-order valence-corrected chi connectivity index (χ2v) is 12.6. The average molecular weight is 682 g/mol. The van der Waals surface area contributed by atoms with Gasteiger partial charge in [0.05, 0.1) is 19.9 Å². The molecule has 0 radical (unpaired) electrons. The van der Waals surface area contributed by atoms with Crippen LogP contribution < -0.4 is 15.9 Å². The number of carbonyl (C=O) groups is 4. The third-order valence-electron chi connectivity index (χ3n) is 7.12. The number of ether oxygens (including phenoxy) is 5. The smallest absolute Gasteiger partial charge is 0.342 e. The Kier molecular flexibility index (Phi) is 12.8. The average Bonchev–Trinajstić information content (AvgIpc) is 3.59. The van der Waals surface area contributed by atoms with Crippen molar-refractivity contribution in [2.24, 2.45) is 0 Å². The van der Waals surface area contributed by atoms with Crippen molar-refractivity contribution in [2.75, 3.05) is 26.6 Å². The molecule has 3 heterocycles. The van der Waals surface area contributed by atoms with Gasteiger partial charge in [-0.25, -0.2) is 19.7 Å². The van der Waals surface area contributed by atoms with Gasteiger partial charge in [-0.3, -0.25) is 23.7 Å². The van der Waals surface area contributed by atoms with Crippen molar-refractivity contribution in [1.29, 1.82) is 5.26 Å². The predicted octanol–water partition coefficient (Wildman–Crippen LogP) is 1.50. The van der Waals surface area contributed by atoms with Crippen molar-refractivity contribution in [3.63, 3.8) is 0 Å². The number of carbonyl (C=O) groups excluding carboxylic acids is 4. The van der Waals surface area contributed by atoms with Crippen molar-refractivity contribution < 1.29 is 52.0 Å². The molecule has 1 aliphatic heterocycles. The van der Waals surface area contributed by atoms with Crippen LogP contribution in [0.3, 0.4) is 0 Å². The number of nitrogens with two attached hydrogens (primary N) is 1. The SMILES string of the molecule is CCCC(=O)O[C@H]1[C@H](c2ccc3c(N)ncnn23)O[C@](C#N)(COP(=O)(N[C@@H](C)C(=O)OC)N[C@@H](C)C(=O)OC)[C@H]1OC(=O)CCC. The van der Waals surface area contributed by atoms with Gasteiger partial charge in [0.15, 0.2) is 18.0 Å². The summed E-state index contributed by atoms with van der Waals surface area (Å²) in [4.78, 5) is 54.2. The van der Waals surface area contributed by atoms with E-state index in [1.807, 2.05) is 6.07 Å². The maximum atomic E-state index is 14.1. The first-order valence-electron chi connectivity index (χ1n) is 14.8. The Morgan fingerprint density at radius 1 is 1.06 bits per heavy atom. The summed E-state index contributed by atoms with van der Waals surface area (Å²) >= 11 is 0. The molecule has 0 saturated carbocycles. The number of nitrogens with one attached hydrogen (secondary N) is 2. The Labute approximate surface area is 271 Å². The molecule has 4 N–H and O–H groups in total. The monoisotopic (exact) mass is 681 g/mol. The summed E-state index contributed by atoms with van der Waals surface area (Å²) in [5.74, 6) is -2.90. The number of rotatable bonds is 16. The summed E-state index contributed by atoms with van der Waals surface area (Å²) in [5.41, 5.74) is 4.38.